The van der Waals surface area contributed by atoms with Gasteiger partial charge in [-0.05, 0) is 54.5 Å². The van der Waals surface area contributed by atoms with E-state index in [1.165, 1.54) is 11.8 Å². The molecule has 1 atom stereocenters. The predicted molar refractivity (Wildman–Crippen MR) is 99.9 cm³/mol. The van der Waals surface area contributed by atoms with Crippen molar-refractivity contribution >= 4 is 41.0 Å². The lowest BCUT2D eigenvalue weighted by molar-refractivity contribution is -0.116. The van der Waals surface area contributed by atoms with E-state index in [-0.39, 0.29) is 18.2 Å². The molecule has 2 N–H and O–H groups in total. The van der Waals surface area contributed by atoms with Crippen molar-refractivity contribution in [2.45, 2.75) is 12.4 Å². The molecule has 2 aliphatic rings. The zero-order valence-electron chi connectivity index (χ0n) is 13.3. The molecule has 0 bridgehead atoms. The number of ether oxygens (including phenoxy) is 2. The van der Waals surface area contributed by atoms with Gasteiger partial charge >= 0.3 is 0 Å². The highest BCUT2D eigenvalue weighted by Gasteiger charge is 2.27. The van der Waals surface area contributed by atoms with Gasteiger partial charge in [0.1, 0.15) is 0 Å². The van der Waals surface area contributed by atoms with Crippen molar-refractivity contribution in [3.8, 4) is 11.5 Å². The lowest BCUT2D eigenvalue weighted by Crippen LogP contribution is -2.31. The van der Waals surface area contributed by atoms with Crippen molar-refractivity contribution in [3.05, 3.63) is 57.5 Å². The number of rotatable bonds is 3. The van der Waals surface area contributed by atoms with Crippen LogP contribution in [0.4, 0.5) is 5.69 Å². The molecule has 0 spiro atoms. The predicted octanol–water partition coefficient (Wildman–Crippen LogP) is 3.98. The van der Waals surface area contributed by atoms with Gasteiger partial charge in [-0.15, -0.1) is 0 Å². The van der Waals surface area contributed by atoms with Crippen LogP contribution in [-0.2, 0) is 4.79 Å². The quantitative estimate of drug-likeness (QED) is 0.796. The van der Waals surface area contributed by atoms with Gasteiger partial charge in [0.25, 0.3) is 5.91 Å². The van der Waals surface area contributed by atoms with Crippen molar-refractivity contribution < 1.29 is 14.3 Å². The Kier molecular flexibility index (Phi) is 4.23. The lowest BCUT2D eigenvalue weighted by Gasteiger charge is -2.15. The molecule has 25 heavy (non-hydrogen) atoms. The molecular formula is C18H15ClN2O3S. The van der Waals surface area contributed by atoms with Crippen molar-refractivity contribution in [2.75, 3.05) is 12.1 Å². The number of fused-ring (bicyclic) bond motifs is 1. The van der Waals surface area contributed by atoms with Crippen LogP contribution in [0.3, 0.4) is 0 Å². The molecule has 1 unspecified atom stereocenters. The van der Waals surface area contributed by atoms with Crippen LogP contribution in [0, 0.1) is 6.92 Å². The van der Waals surface area contributed by atoms with Crippen LogP contribution in [0.2, 0.25) is 5.02 Å². The third-order valence-corrected chi connectivity index (χ3v) is 5.16. The molecule has 0 saturated carbocycles. The number of carbonyl (C=O) groups excluding carboxylic acids is 1. The molecule has 0 aliphatic carbocycles. The Morgan fingerprint density at radius 1 is 1.24 bits per heavy atom. The molecular weight excluding hydrogens is 360 g/mol. The number of carbonyl (C=O) groups is 1. The van der Waals surface area contributed by atoms with Gasteiger partial charge in [-0.1, -0.05) is 29.4 Å². The summed E-state index contributed by atoms with van der Waals surface area (Å²) in [7, 11) is 0. The fourth-order valence-corrected chi connectivity index (χ4v) is 3.85. The fourth-order valence-electron chi connectivity index (χ4n) is 2.65. The number of nitrogens with one attached hydrogen (secondary N) is 2. The summed E-state index contributed by atoms with van der Waals surface area (Å²) >= 11 is 7.42. The number of thioether (sulfide) groups is 1. The Hall–Kier alpha value is -2.31. The molecule has 1 saturated heterocycles. The molecule has 2 aromatic carbocycles. The first-order valence-corrected chi connectivity index (χ1v) is 8.96. The van der Waals surface area contributed by atoms with Crippen molar-refractivity contribution in [2.24, 2.45) is 0 Å². The Morgan fingerprint density at radius 2 is 2.08 bits per heavy atom. The summed E-state index contributed by atoms with van der Waals surface area (Å²) in [4.78, 5) is 12.9. The van der Waals surface area contributed by atoms with Crippen molar-refractivity contribution in [1.82, 2.24) is 5.32 Å². The molecule has 7 heteroatoms. The van der Waals surface area contributed by atoms with Crippen molar-refractivity contribution in [1.29, 1.82) is 0 Å². The van der Waals surface area contributed by atoms with Crippen LogP contribution in [0.5, 0.6) is 11.5 Å². The van der Waals surface area contributed by atoms with E-state index < -0.39 is 0 Å². The minimum atomic E-state index is -0.229. The Bertz CT molecular complexity index is 885. The van der Waals surface area contributed by atoms with Gasteiger partial charge in [-0.2, -0.15) is 0 Å². The molecule has 5 nitrogen and oxygen atoms in total. The highest BCUT2D eigenvalue weighted by atomic mass is 35.5. The van der Waals surface area contributed by atoms with E-state index in [1.54, 1.807) is 0 Å². The highest BCUT2D eigenvalue weighted by Crippen LogP contribution is 2.35. The summed E-state index contributed by atoms with van der Waals surface area (Å²) in [6.45, 7) is 2.20. The highest BCUT2D eigenvalue weighted by molar-refractivity contribution is 8.05. The zero-order chi connectivity index (χ0) is 17.4. The molecule has 0 radical (unpaired) electrons. The SMILES string of the molecule is Cc1cc(Cl)ccc1NC1NC(=O)/C(=C/c2ccc3c(c2)OCO3)S1. The average molecular weight is 375 g/mol. The maximum atomic E-state index is 12.2. The average Bonchev–Trinajstić information content (AvgIpc) is 3.17. The van der Waals surface area contributed by atoms with E-state index >= 15 is 0 Å². The number of amides is 1. The molecule has 1 fully saturated rings. The van der Waals surface area contributed by atoms with Crippen molar-refractivity contribution in [3.63, 3.8) is 0 Å². The minimum absolute atomic E-state index is 0.105. The second kappa shape index (κ2) is 6.54. The summed E-state index contributed by atoms with van der Waals surface area (Å²) in [5, 5.41) is 6.92. The number of anilines is 1. The largest absolute Gasteiger partial charge is 0.454 e. The number of aryl methyl sites for hydroxylation is 1. The Labute approximate surface area is 154 Å². The van der Waals surface area contributed by atoms with Gasteiger partial charge in [0.15, 0.2) is 17.0 Å². The first-order chi connectivity index (χ1) is 12.1. The monoisotopic (exact) mass is 374 g/mol. The first-order valence-electron chi connectivity index (χ1n) is 7.70. The second-order valence-electron chi connectivity index (χ2n) is 5.70. The van der Waals surface area contributed by atoms with Crippen LogP contribution in [0.25, 0.3) is 6.08 Å². The Balaban J connectivity index is 1.50. The summed E-state index contributed by atoms with van der Waals surface area (Å²) in [6, 6.07) is 11.2. The molecule has 2 aliphatic heterocycles. The van der Waals surface area contributed by atoms with Gasteiger partial charge in [-0.25, -0.2) is 0 Å². The van der Waals surface area contributed by atoms with Gasteiger partial charge in [0.05, 0.1) is 4.91 Å². The molecule has 128 valence electrons. The van der Waals surface area contributed by atoms with Crippen LogP contribution in [0.15, 0.2) is 41.3 Å². The summed E-state index contributed by atoms with van der Waals surface area (Å²) in [5.74, 6) is 1.32. The summed E-state index contributed by atoms with van der Waals surface area (Å²) in [6.07, 6.45) is 1.85. The third kappa shape index (κ3) is 3.41. The van der Waals surface area contributed by atoms with Crippen LogP contribution < -0.4 is 20.1 Å². The van der Waals surface area contributed by atoms with Gasteiger partial charge in [0, 0.05) is 10.7 Å². The Morgan fingerprint density at radius 3 is 2.92 bits per heavy atom. The fraction of sp³-hybridized carbons (Fsp3) is 0.167. The topological polar surface area (TPSA) is 59.6 Å². The normalized spacial score (nSPS) is 20.0. The second-order valence-corrected chi connectivity index (χ2v) is 7.28. The molecule has 4 rings (SSSR count). The lowest BCUT2D eigenvalue weighted by atomic mass is 10.2. The van der Waals surface area contributed by atoms with Crippen LogP contribution in [-0.4, -0.2) is 18.2 Å². The smallest absolute Gasteiger partial charge is 0.260 e. The molecule has 2 heterocycles. The van der Waals surface area contributed by atoms with E-state index in [2.05, 4.69) is 10.6 Å². The number of benzene rings is 2. The van der Waals surface area contributed by atoms with Gasteiger partial charge < -0.3 is 20.1 Å². The molecule has 1 amide bonds. The van der Waals surface area contributed by atoms with Gasteiger partial charge in [0.2, 0.25) is 6.79 Å². The molecule has 2 aromatic rings. The number of hydrogen-bond donors (Lipinski definition) is 2. The van der Waals surface area contributed by atoms with E-state index in [0.29, 0.717) is 15.7 Å². The maximum absolute atomic E-state index is 12.2. The summed E-state index contributed by atoms with van der Waals surface area (Å²) < 4.78 is 10.7. The standard InChI is InChI=1S/C18H15ClN2O3S/c1-10-6-12(19)3-4-13(10)20-18-21-17(22)16(25-18)8-11-2-5-14-15(7-11)24-9-23-14/h2-8,18,20H,9H2,1H3,(H,21,22)/b16-8-. The van der Waals surface area contributed by atoms with E-state index in [0.717, 1.165) is 22.6 Å². The van der Waals surface area contributed by atoms with E-state index in [9.17, 15) is 4.79 Å². The zero-order valence-corrected chi connectivity index (χ0v) is 14.9. The van der Waals surface area contributed by atoms with E-state index in [4.69, 9.17) is 21.1 Å². The summed E-state index contributed by atoms with van der Waals surface area (Å²) in [5.41, 5.74) is 2.62. The van der Waals surface area contributed by atoms with Crippen LogP contribution in [0.1, 0.15) is 11.1 Å². The third-order valence-electron chi connectivity index (χ3n) is 3.90. The number of halogens is 1. The first kappa shape index (κ1) is 16.2. The van der Waals surface area contributed by atoms with E-state index in [1.807, 2.05) is 49.4 Å². The maximum Gasteiger partial charge on any atom is 0.260 e. The number of hydrogen-bond acceptors (Lipinski definition) is 5. The minimum Gasteiger partial charge on any atom is -0.454 e. The van der Waals surface area contributed by atoms with Crippen LogP contribution >= 0.6 is 23.4 Å². The van der Waals surface area contributed by atoms with Gasteiger partial charge in [-0.3, -0.25) is 4.79 Å². The molecule has 0 aromatic heterocycles.